The van der Waals surface area contributed by atoms with Crippen LogP contribution in [0.1, 0.15) is 45.4 Å². The lowest BCUT2D eigenvalue weighted by Gasteiger charge is -2.12. The van der Waals surface area contributed by atoms with Gasteiger partial charge in [0.2, 0.25) is 0 Å². The van der Waals surface area contributed by atoms with E-state index < -0.39 is 0 Å². The fourth-order valence-corrected chi connectivity index (χ4v) is 1.54. The summed E-state index contributed by atoms with van der Waals surface area (Å²) >= 11 is 0. The molecule has 2 nitrogen and oxygen atoms in total. The molecule has 0 aromatic carbocycles. The van der Waals surface area contributed by atoms with Crippen LogP contribution in [-0.4, -0.2) is 13.1 Å². The molecular weight excluding hydrogens is 148 g/mol. The van der Waals surface area contributed by atoms with Gasteiger partial charge in [0.25, 0.3) is 0 Å². The molecule has 0 aliphatic rings. The van der Waals surface area contributed by atoms with Crippen LogP contribution in [0.3, 0.4) is 0 Å². The molecule has 12 heavy (non-hydrogen) atoms. The molecule has 0 amide bonds. The predicted octanol–water partition coefficient (Wildman–Crippen LogP) is 1.88. The van der Waals surface area contributed by atoms with E-state index in [4.69, 9.17) is 11.5 Å². The second-order valence-electron chi connectivity index (χ2n) is 3.53. The van der Waals surface area contributed by atoms with E-state index in [9.17, 15) is 0 Å². The summed E-state index contributed by atoms with van der Waals surface area (Å²) in [6.07, 6.45) is 7.60. The van der Waals surface area contributed by atoms with E-state index in [1.54, 1.807) is 0 Å². The molecule has 0 spiro atoms. The predicted molar refractivity (Wildman–Crippen MR) is 55.0 cm³/mol. The van der Waals surface area contributed by atoms with E-state index in [1.807, 2.05) is 0 Å². The molecule has 0 rings (SSSR count). The van der Waals surface area contributed by atoms with Crippen LogP contribution < -0.4 is 11.5 Å². The Hall–Kier alpha value is -0.0800. The van der Waals surface area contributed by atoms with Crippen molar-refractivity contribution in [3.8, 4) is 0 Å². The van der Waals surface area contributed by atoms with Gasteiger partial charge in [-0.1, -0.05) is 26.2 Å². The maximum Gasteiger partial charge on any atom is -0.00489 e. The first-order chi connectivity index (χ1) is 5.85. The van der Waals surface area contributed by atoms with Crippen molar-refractivity contribution >= 4 is 0 Å². The molecule has 0 aromatic rings. The summed E-state index contributed by atoms with van der Waals surface area (Å²) in [5, 5.41) is 0. The van der Waals surface area contributed by atoms with Gasteiger partial charge in [-0.15, -0.1) is 0 Å². The molecule has 0 radical (unpaired) electrons. The largest absolute Gasteiger partial charge is 0.330 e. The minimum absolute atomic E-state index is 0.757. The van der Waals surface area contributed by atoms with Gasteiger partial charge in [0.15, 0.2) is 0 Å². The molecule has 0 saturated heterocycles. The fraction of sp³-hybridized carbons (Fsp3) is 1.00. The van der Waals surface area contributed by atoms with Crippen LogP contribution in [0, 0.1) is 5.92 Å². The second kappa shape index (κ2) is 9.01. The molecule has 74 valence electrons. The van der Waals surface area contributed by atoms with Crippen LogP contribution in [0.4, 0.5) is 0 Å². The van der Waals surface area contributed by atoms with Gasteiger partial charge in [0, 0.05) is 0 Å². The van der Waals surface area contributed by atoms with Crippen LogP contribution in [-0.2, 0) is 0 Å². The maximum absolute atomic E-state index is 5.65. The van der Waals surface area contributed by atoms with Gasteiger partial charge in [-0.3, -0.25) is 0 Å². The van der Waals surface area contributed by atoms with Gasteiger partial charge in [-0.05, 0) is 38.3 Å². The molecule has 0 aliphatic carbocycles. The summed E-state index contributed by atoms with van der Waals surface area (Å²) in [4.78, 5) is 0. The first-order valence-corrected chi connectivity index (χ1v) is 5.25. The van der Waals surface area contributed by atoms with Crippen molar-refractivity contribution in [2.24, 2.45) is 17.4 Å². The van der Waals surface area contributed by atoms with Gasteiger partial charge in [-0.2, -0.15) is 0 Å². The Morgan fingerprint density at radius 1 is 1.00 bits per heavy atom. The van der Waals surface area contributed by atoms with Crippen molar-refractivity contribution < 1.29 is 0 Å². The Balaban J connectivity index is 3.19. The molecule has 0 heterocycles. The van der Waals surface area contributed by atoms with Crippen molar-refractivity contribution in [2.75, 3.05) is 13.1 Å². The third kappa shape index (κ3) is 6.62. The van der Waals surface area contributed by atoms with Crippen molar-refractivity contribution in [1.82, 2.24) is 0 Å². The first kappa shape index (κ1) is 11.9. The van der Waals surface area contributed by atoms with Crippen LogP contribution in [0.15, 0.2) is 0 Å². The van der Waals surface area contributed by atoms with Crippen LogP contribution in [0.2, 0.25) is 0 Å². The van der Waals surface area contributed by atoms with Gasteiger partial charge in [-0.25, -0.2) is 0 Å². The maximum atomic E-state index is 5.65. The molecular formula is C10H24N2. The van der Waals surface area contributed by atoms with Crippen molar-refractivity contribution in [2.45, 2.75) is 45.4 Å². The highest BCUT2D eigenvalue weighted by atomic mass is 14.5. The smallest absolute Gasteiger partial charge is 0.00489 e. The highest BCUT2D eigenvalue weighted by Gasteiger charge is 2.03. The van der Waals surface area contributed by atoms with Crippen LogP contribution in [0.5, 0.6) is 0 Å². The van der Waals surface area contributed by atoms with Gasteiger partial charge in [0.05, 0.1) is 0 Å². The van der Waals surface area contributed by atoms with E-state index >= 15 is 0 Å². The van der Waals surface area contributed by atoms with Crippen molar-refractivity contribution in [3.05, 3.63) is 0 Å². The fourth-order valence-electron chi connectivity index (χ4n) is 1.54. The van der Waals surface area contributed by atoms with Gasteiger partial charge >= 0.3 is 0 Å². The molecule has 2 heteroatoms. The average molecular weight is 172 g/mol. The minimum atomic E-state index is 0.757. The van der Waals surface area contributed by atoms with E-state index in [-0.39, 0.29) is 0 Å². The highest BCUT2D eigenvalue weighted by Crippen LogP contribution is 2.13. The van der Waals surface area contributed by atoms with Crippen LogP contribution in [0.25, 0.3) is 0 Å². The molecule has 0 aromatic heterocycles. The van der Waals surface area contributed by atoms with Crippen molar-refractivity contribution in [1.29, 1.82) is 0 Å². The second-order valence-corrected chi connectivity index (χ2v) is 3.53. The molecule has 0 aliphatic heterocycles. The molecule has 0 saturated carbocycles. The third-order valence-electron chi connectivity index (χ3n) is 2.35. The Kier molecular flexibility index (Phi) is 8.95. The number of hydrogen-bond acceptors (Lipinski definition) is 2. The summed E-state index contributed by atoms with van der Waals surface area (Å²) in [5.74, 6) is 0.757. The average Bonchev–Trinajstić information content (AvgIpc) is 2.10. The quantitative estimate of drug-likeness (QED) is 0.549. The number of hydrogen-bond donors (Lipinski definition) is 2. The van der Waals surface area contributed by atoms with Crippen molar-refractivity contribution in [3.63, 3.8) is 0 Å². The Morgan fingerprint density at radius 3 is 2.25 bits per heavy atom. The number of nitrogens with two attached hydrogens (primary N) is 2. The topological polar surface area (TPSA) is 52.0 Å². The third-order valence-corrected chi connectivity index (χ3v) is 2.35. The van der Waals surface area contributed by atoms with E-state index in [1.165, 1.54) is 38.5 Å². The summed E-state index contributed by atoms with van der Waals surface area (Å²) in [7, 11) is 0. The lowest BCUT2D eigenvalue weighted by molar-refractivity contribution is 0.432. The van der Waals surface area contributed by atoms with Crippen LogP contribution >= 0.6 is 0 Å². The SMILES string of the molecule is CCCC(CN)CCCCCN. The summed E-state index contributed by atoms with van der Waals surface area (Å²) in [5.41, 5.74) is 11.1. The summed E-state index contributed by atoms with van der Waals surface area (Å²) < 4.78 is 0. The Morgan fingerprint density at radius 2 is 1.75 bits per heavy atom. The lowest BCUT2D eigenvalue weighted by Crippen LogP contribution is -2.14. The number of unbranched alkanes of at least 4 members (excludes halogenated alkanes) is 2. The monoisotopic (exact) mass is 172 g/mol. The van der Waals surface area contributed by atoms with E-state index in [2.05, 4.69) is 6.92 Å². The highest BCUT2D eigenvalue weighted by molar-refractivity contribution is 4.59. The first-order valence-electron chi connectivity index (χ1n) is 5.25. The molecule has 0 bridgehead atoms. The summed E-state index contributed by atoms with van der Waals surface area (Å²) in [6.45, 7) is 3.92. The normalized spacial score (nSPS) is 13.2. The zero-order chi connectivity index (χ0) is 9.23. The molecule has 4 N–H and O–H groups in total. The van der Waals surface area contributed by atoms with E-state index in [0.717, 1.165) is 19.0 Å². The molecule has 1 atom stereocenters. The molecule has 0 fully saturated rings. The Labute approximate surface area is 76.7 Å². The number of rotatable bonds is 8. The summed E-state index contributed by atoms with van der Waals surface area (Å²) in [6, 6.07) is 0. The molecule has 1 unspecified atom stereocenters. The van der Waals surface area contributed by atoms with Gasteiger partial charge < -0.3 is 11.5 Å². The minimum Gasteiger partial charge on any atom is -0.330 e. The standard InChI is InChI=1S/C10H24N2/c1-2-6-10(9-12)7-4-3-5-8-11/h10H,2-9,11-12H2,1H3. The van der Waals surface area contributed by atoms with Gasteiger partial charge in [0.1, 0.15) is 0 Å². The lowest BCUT2D eigenvalue weighted by atomic mass is 9.97. The zero-order valence-electron chi connectivity index (χ0n) is 8.39. The zero-order valence-corrected chi connectivity index (χ0v) is 8.39. The van der Waals surface area contributed by atoms with E-state index in [0.29, 0.717) is 0 Å². The Bertz CT molecular complexity index is 83.9.